The van der Waals surface area contributed by atoms with Gasteiger partial charge in [0.25, 0.3) is 11.8 Å². The molecule has 0 aromatic heterocycles. The van der Waals surface area contributed by atoms with E-state index >= 15 is 0 Å². The van der Waals surface area contributed by atoms with Crippen molar-refractivity contribution in [1.82, 2.24) is 15.1 Å². The van der Waals surface area contributed by atoms with Crippen LogP contribution in [0.5, 0.6) is 5.75 Å². The number of amides is 4. The maximum absolute atomic E-state index is 12.9. The summed E-state index contributed by atoms with van der Waals surface area (Å²) >= 11 is 0. The molecule has 4 rings (SSSR count). The molecule has 28 heavy (non-hydrogen) atoms. The first-order valence-electron chi connectivity index (χ1n) is 9.17. The Kier molecular flexibility index (Phi) is 4.46. The maximum atomic E-state index is 12.9. The Labute approximate surface area is 160 Å². The molecule has 1 unspecified atom stereocenters. The second kappa shape index (κ2) is 6.83. The van der Waals surface area contributed by atoms with Crippen molar-refractivity contribution in [1.29, 1.82) is 0 Å². The van der Waals surface area contributed by atoms with E-state index in [1.807, 2.05) is 4.90 Å². The number of likely N-dealkylation sites (tertiary alicyclic amines) is 1. The van der Waals surface area contributed by atoms with Crippen LogP contribution in [-0.2, 0) is 20.9 Å². The number of carbonyl (C=O) groups is 5. The van der Waals surface area contributed by atoms with Crippen molar-refractivity contribution >= 4 is 29.4 Å². The largest absolute Gasteiger partial charge is 0.507 e. The molecular formula is C19H19N3O6. The topological polar surface area (TPSA) is 124 Å². The highest BCUT2D eigenvalue weighted by molar-refractivity contribution is 6.24. The van der Waals surface area contributed by atoms with Crippen LogP contribution in [0.1, 0.15) is 52.0 Å². The fraction of sp³-hybridized carbons (Fsp3) is 0.421. The van der Waals surface area contributed by atoms with Gasteiger partial charge in [0.2, 0.25) is 11.8 Å². The number of Topliss-reactive ketones (excluding diaryl/α,β-unsaturated/α-hetero) is 1. The summed E-state index contributed by atoms with van der Waals surface area (Å²) in [4.78, 5) is 63.2. The molecule has 0 aliphatic carbocycles. The minimum atomic E-state index is -1.07. The number of fused-ring (bicyclic) bond motifs is 1. The zero-order valence-electron chi connectivity index (χ0n) is 15.1. The second-order valence-electron chi connectivity index (χ2n) is 7.26. The van der Waals surface area contributed by atoms with E-state index in [4.69, 9.17) is 0 Å². The molecule has 0 saturated carbocycles. The minimum Gasteiger partial charge on any atom is -0.507 e. The van der Waals surface area contributed by atoms with Gasteiger partial charge in [-0.2, -0.15) is 0 Å². The molecule has 1 atom stereocenters. The number of phenolic OH excluding ortho intramolecular Hbond substituents is 1. The lowest BCUT2D eigenvalue weighted by Gasteiger charge is -2.27. The fourth-order valence-electron chi connectivity index (χ4n) is 3.91. The van der Waals surface area contributed by atoms with Gasteiger partial charge in [-0.1, -0.05) is 6.07 Å². The Hall–Kier alpha value is -3.07. The summed E-state index contributed by atoms with van der Waals surface area (Å²) in [6.07, 6.45) is 0.999. The van der Waals surface area contributed by atoms with Crippen LogP contribution in [0, 0.1) is 0 Å². The maximum Gasteiger partial charge on any atom is 0.266 e. The molecule has 9 heteroatoms. The normalized spacial score (nSPS) is 23.2. The second-order valence-corrected chi connectivity index (χ2v) is 7.26. The predicted octanol–water partition coefficient (Wildman–Crippen LogP) is -0.0417. The average molecular weight is 385 g/mol. The highest BCUT2D eigenvalue weighted by Crippen LogP contribution is 2.36. The Morgan fingerprint density at radius 1 is 1.00 bits per heavy atom. The van der Waals surface area contributed by atoms with Gasteiger partial charge < -0.3 is 5.11 Å². The fourth-order valence-corrected chi connectivity index (χ4v) is 3.91. The highest BCUT2D eigenvalue weighted by atomic mass is 16.3. The minimum absolute atomic E-state index is 0.0364. The predicted molar refractivity (Wildman–Crippen MR) is 94.3 cm³/mol. The summed E-state index contributed by atoms with van der Waals surface area (Å²) in [6, 6.07) is 2.00. The number of ketones is 1. The molecule has 2 N–H and O–H groups in total. The number of phenols is 1. The van der Waals surface area contributed by atoms with E-state index in [1.165, 1.54) is 6.07 Å². The van der Waals surface area contributed by atoms with Gasteiger partial charge in [0.1, 0.15) is 17.6 Å². The van der Waals surface area contributed by atoms with Crippen molar-refractivity contribution in [3.05, 3.63) is 28.8 Å². The lowest BCUT2D eigenvalue weighted by atomic mass is 10.0. The van der Waals surface area contributed by atoms with Gasteiger partial charge in [-0.15, -0.1) is 0 Å². The molecule has 3 aliphatic rings. The number of rotatable bonds is 3. The van der Waals surface area contributed by atoms with Crippen LogP contribution in [0.2, 0.25) is 0 Å². The number of piperidine rings is 2. The molecule has 0 spiro atoms. The van der Waals surface area contributed by atoms with Gasteiger partial charge in [-0.25, -0.2) is 0 Å². The molecule has 2 saturated heterocycles. The number of nitrogens with zero attached hydrogens (tertiary/aromatic N) is 2. The smallest absolute Gasteiger partial charge is 0.266 e. The molecule has 4 amide bonds. The number of imide groups is 2. The molecule has 0 radical (unpaired) electrons. The number of benzene rings is 1. The average Bonchev–Trinajstić information content (AvgIpc) is 2.91. The van der Waals surface area contributed by atoms with Crippen LogP contribution < -0.4 is 5.32 Å². The molecule has 3 heterocycles. The first-order chi connectivity index (χ1) is 13.4. The number of hydrogen-bond acceptors (Lipinski definition) is 7. The summed E-state index contributed by atoms with van der Waals surface area (Å²) in [5.74, 6) is -2.59. The summed E-state index contributed by atoms with van der Waals surface area (Å²) < 4.78 is 0. The van der Waals surface area contributed by atoms with E-state index in [0.717, 1.165) is 4.90 Å². The number of aromatic hydroxyl groups is 1. The van der Waals surface area contributed by atoms with Crippen LogP contribution in [0.15, 0.2) is 12.1 Å². The molecule has 1 aromatic rings. The molecular weight excluding hydrogens is 366 g/mol. The van der Waals surface area contributed by atoms with Crippen molar-refractivity contribution in [2.45, 2.75) is 38.3 Å². The Morgan fingerprint density at radius 3 is 2.39 bits per heavy atom. The van der Waals surface area contributed by atoms with Crippen molar-refractivity contribution in [2.24, 2.45) is 0 Å². The lowest BCUT2D eigenvalue weighted by Crippen LogP contribution is -2.54. The van der Waals surface area contributed by atoms with E-state index in [0.29, 0.717) is 38.0 Å². The number of carbonyl (C=O) groups excluding carboxylic acids is 5. The Balaban J connectivity index is 1.60. The summed E-state index contributed by atoms with van der Waals surface area (Å²) in [5, 5.41) is 12.8. The molecule has 3 aliphatic heterocycles. The van der Waals surface area contributed by atoms with Gasteiger partial charge >= 0.3 is 0 Å². The molecule has 146 valence electrons. The quantitative estimate of drug-likeness (QED) is 0.700. The lowest BCUT2D eigenvalue weighted by molar-refractivity contribution is -0.136. The standard InChI is InChI=1S/C19H19N3O6/c23-11-5-7-21(8-6-11)9-10-1-2-12-15(16(10)25)19(28)22(18(12)27)13-3-4-14(24)20-17(13)26/h1-2,13,25H,3-9H2,(H,20,24,26). The third-order valence-electron chi connectivity index (χ3n) is 5.47. The van der Waals surface area contributed by atoms with Crippen LogP contribution in [0.25, 0.3) is 0 Å². The summed E-state index contributed by atoms with van der Waals surface area (Å²) in [5.41, 5.74) is 0.421. The van der Waals surface area contributed by atoms with Crippen molar-refractivity contribution in [3.63, 3.8) is 0 Å². The Morgan fingerprint density at radius 2 is 1.71 bits per heavy atom. The first kappa shape index (κ1) is 18.3. The van der Waals surface area contributed by atoms with Crippen LogP contribution in [-0.4, -0.2) is 63.4 Å². The molecule has 9 nitrogen and oxygen atoms in total. The third kappa shape index (κ3) is 2.97. The van der Waals surface area contributed by atoms with Gasteiger partial charge in [-0.3, -0.25) is 39.1 Å². The molecule has 2 fully saturated rings. The SMILES string of the molecule is O=C1CCN(Cc2ccc3c(c2O)C(=O)N(C2CCC(=O)NC2=O)C3=O)CC1. The van der Waals surface area contributed by atoms with E-state index in [-0.39, 0.29) is 35.5 Å². The summed E-state index contributed by atoms with van der Waals surface area (Å²) in [6.45, 7) is 1.50. The third-order valence-corrected chi connectivity index (χ3v) is 5.47. The van der Waals surface area contributed by atoms with Crippen molar-refractivity contribution in [3.8, 4) is 5.75 Å². The monoisotopic (exact) mass is 385 g/mol. The van der Waals surface area contributed by atoms with Gasteiger partial charge in [-0.05, 0) is 12.5 Å². The number of hydrogen-bond donors (Lipinski definition) is 2. The van der Waals surface area contributed by atoms with Gasteiger partial charge in [0.15, 0.2) is 0 Å². The first-order valence-corrected chi connectivity index (χ1v) is 9.17. The van der Waals surface area contributed by atoms with E-state index < -0.39 is 29.7 Å². The van der Waals surface area contributed by atoms with Crippen molar-refractivity contribution in [2.75, 3.05) is 13.1 Å². The molecule has 1 aromatic carbocycles. The highest BCUT2D eigenvalue weighted by Gasteiger charge is 2.46. The van der Waals surface area contributed by atoms with E-state index in [9.17, 15) is 29.1 Å². The van der Waals surface area contributed by atoms with Crippen LogP contribution >= 0.6 is 0 Å². The van der Waals surface area contributed by atoms with Crippen molar-refractivity contribution < 1.29 is 29.1 Å². The molecule has 0 bridgehead atoms. The van der Waals surface area contributed by atoms with E-state index in [1.54, 1.807) is 6.07 Å². The van der Waals surface area contributed by atoms with Crippen LogP contribution in [0.3, 0.4) is 0 Å². The number of nitrogens with one attached hydrogen (secondary N) is 1. The summed E-state index contributed by atoms with van der Waals surface area (Å²) in [7, 11) is 0. The Bertz CT molecular complexity index is 914. The van der Waals surface area contributed by atoms with Gasteiger partial charge in [0, 0.05) is 44.5 Å². The van der Waals surface area contributed by atoms with E-state index in [2.05, 4.69) is 5.32 Å². The van der Waals surface area contributed by atoms with Gasteiger partial charge in [0.05, 0.1) is 11.1 Å². The zero-order valence-corrected chi connectivity index (χ0v) is 15.1. The van der Waals surface area contributed by atoms with Crippen LogP contribution in [0.4, 0.5) is 0 Å². The zero-order chi connectivity index (χ0) is 20.0.